The second-order valence-electron chi connectivity index (χ2n) is 4.85. The molecule has 1 saturated heterocycles. The Morgan fingerprint density at radius 1 is 1.50 bits per heavy atom. The lowest BCUT2D eigenvalue weighted by molar-refractivity contribution is -0.383. The molecule has 1 aromatic rings. The van der Waals surface area contributed by atoms with Crippen molar-refractivity contribution in [2.75, 3.05) is 37.8 Å². The minimum Gasteiger partial charge on any atom is -0.393 e. The van der Waals surface area contributed by atoms with Gasteiger partial charge in [-0.3, -0.25) is 10.1 Å². The topological polar surface area (TPSA) is 75.6 Å². The molecule has 1 heterocycles. The predicted octanol–water partition coefficient (Wildman–Crippen LogP) is 1.32. The van der Waals surface area contributed by atoms with Crippen molar-refractivity contribution in [3.63, 3.8) is 0 Å². The number of hydrogen-bond donors (Lipinski definition) is 1. The normalized spacial score (nSPS) is 19.5. The summed E-state index contributed by atoms with van der Waals surface area (Å²) >= 11 is 0. The summed E-state index contributed by atoms with van der Waals surface area (Å²) in [5, 5.41) is 10.9. The first-order valence-electron chi connectivity index (χ1n) is 5.94. The molecule has 6 heteroatoms. The SMILES string of the molecule is CN(C)C1CCN(c2ccc(N)c([N+](=O)[O-])c2)C1. The van der Waals surface area contributed by atoms with E-state index in [9.17, 15) is 10.1 Å². The number of anilines is 2. The average molecular weight is 250 g/mol. The van der Waals surface area contributed by atoms with Crippen molar-refractivity contribution >= 4 is 17.1 Å². The molecular formula is C12H18N4O2. The van der Waals surface area contributed by atoms with E-state index >= 15 is 0 Å². The molecule has 0 aliphatic carbocycles. The molecule has 1 unspecified atom stereocenters. The van der Waals surface area contributed by atoms with Gasteiger partial charge >= 0.3 is 0 Å². The monoisotopic (exact) mass is 250 g/mol. The number of nitrogens with two attached hydrogens (primary N) is 1. The van der Waals surface area contributed by atoms with Crippen molar-refractivity contribution in [2.45, 2.75) is 12.5 Å². The zero-order valence-corrected chi connectivity index (χ0v) is 10.7. The summed E-state index contributed by atoms with van der Waals surface area (Å²) < 4.78 is 0. The van der Waals surface area contributed by atoms with Gasteiger partial charge in [-0.2, -0.15) is 0 Å². The lowest BCUT2D eigenvalue weighted by Gasteiger charge is -2.21. The Hall–Kier alpha value is -1.82. The maximum Gasteiger partial charge on any atom is 0.294 e. The molecule has 0 bridgehead atoms. The molecule has 2 N–H and O–H groups in total. The maximum atomic E-state index is 10.9. The summed E-state index contributed by atoms with van der Waals surface area (Å²) in [6.07, 6.45) is 1.07. The molecule has 1 aromatic carbocycles. The lowest BCUT2D eigenvalue weighted by atomic mass is 10.2. The summed E-state index contributed by atoms with van der Waals surface area (Å²) in [5.74, 6) is 0. The van der Waals surface area contributed by atoms with Crippen LogP contribution in [0.2, 0.25) is 0 Å². The molecule has 0 amide bonds. The molecule has 1 aliphatic heterocycles. The quantitative estimate of drug-likeness (QED) is 0.497. The summed E-state index contributed by atoms with van der Waals surface area (Å²) in [7, 11) is 4.11. The van der Waals surface area contributed by atoms with Gasteiger partial charge in [0, 0.05) is 30.9 Å². The Morgan fingerprint density at radius 3 is 2.78 bits per heavy atom. The van der Waals surface area contributed by atoms with Crippen molar-refractivity contribution < 1.29 is 4.92 Å². The molecule has 2 rings (SSSR count). The van der Waals surface area contributed by atoms with Crippen molar-refractivity contribution in [3.05, 3.63) is 28.3 Å². The van der Waals surface area contributed by atoms with Crippen LogP contribution in [-0.2, 0) is 0 Å². The van der Waals surface area contributed by atoms with E-state index in [1.165, 1.54) is 0 Å². The van der Waals surface area contributed by atoms with Gasteiger partial charge in [-0.1, -0.05) is 0 Å². The second kappa shape index (κ2) is 4.81. The number of likely N-dealkylation sites (N-methyl/N-ethyl adjacent to an activating group) is 1. The van der Waals surface area contributed by atoms with Crippen LogP contribution >= 0.6 is 0 Å². The van der Waals surface area contributed by atoms with Gasteiger partial charge in [0.15, 0.2) is 0 Å². The van der Waals surface area contributed by atoms with Gasteiger partial charge < -0.3 is 15.5 Å². The molecular weight excluding hydrogens is 232 g/mol. The molecule has 98 valence electrons. The smallest absolute Gasteiger partial charge is 0.294 e. The number of benzene rings is 1. The number of nitrogens with zero attached hydrogens (tertiary/aromatic N) is 3. The van der Waals surface area contributed by atoms with Crippen LogP contribution in [0.3, 0.4) is 0 Å². The zero-order chi connectivity index (χ0) is 13.3. The maximum absolute atomic E-state index is 10.9. The van der Waals surface area contributed by atoms with E-state index in [2.05, 4.69) is 23.9 Å². The van der Waals surface area contributed by atoms with Crippen LogP contribution < -0.4 is 10.6 Å². The Bertz CT molecular complexity index is 461. The van der Waals surface area contributed by atoms with Crippen molar-refractivity contribution in [3.8, 4) is 0 Å². The van der Waals surface area contributed by atoms with E-state index in [-0.39, 0.29) is 11.4 Å². The van der Waals surface area contributed by atoms with Gasteiger partial charge in [0.25, 0.3) is 5.69 Å². The molecule has 6 nitrogen and oxygen atoms in total. The fourth-order valence-electron chi connectivity index (χ4n) is 2.28. The van der Waals surface area contributed by atoms with Crippen LogP contribution in [-0.4, -0.2) is 43.0 Å². The first kappa shape index (κ1) is 12.6. The van der Waals surface area contributed by atoms with E-state index in [1.54, 1.807) is 12.1 Å². The molecule has 0 saturated carbocycles. The number of nitrogen functional groups attached to an aromatic ring is 1. The summed E-state index contributed by atoms with van der Waals surface area (Å²) in [4.78, 5) is 14.8. The van der Waals surface area contributed by atoms with Gasteiger partial charge in [-0.25, -0.2) is 0 Å². The van der Waals surface area contributed by atoms with E-state index in [1.807, 2.05) is 6.07 Å². The third-order valence-corrected chi connectivity index (χ3v) is 3.47. The van der Waals surface area contributed by atoms with Crippen LogP contribution in [0.25, 0.3) is 0 Å². The third-order valence-electron chi connectivity index (χ3n) is 3.47. The molecule has 0 radical (unpaired) electrons. The first-order valence-corrected chi connectivity index (χ1v) is 5.94. The fourth-order valence-corrected chi connectivity index (χ4v) is 2.28. The van der Waals surface area contributed by atoms with Gasteiger partial charge in [0.1, 0.15) is 5.69 Å². The molecule has 0 spiro atoms. The number of nitro groups is 1. The highest BCUT2D eigenvalue weighted by Gasteiger charge is 2.25. The number of nitro benzene ring substituents is 1. The van der Waals surface area contributed by atoms with E-state index in [0.29, 0.717) is 6.04 Å². The van der Waals surface area contributed by atoms with E-state index in [4.69, 9.17) is 5.73 Å². The van der Waals surface area contributed by atoms with Gasteiger partial charge in [-0.05, 0) is 32.6 Å². The van der Waals surface area contributed by atoms with Crippen molar-refractivity contribution in [1.82, 2.24) is 4.90 Å². The van der Waals surface area contributed by atoms with Crippen LogP contribution in [0.1, 0.15) is 6.42 Å². The van der Waals surface area contributed by atoms with E-state index in [0.717, 1.165) is 25.2 Å². The van der Waals surface area contributed by atoms with Gasteiger partial charge in [0.05, 0.1) is 4.92 Å². The largest absolute Gasteiger partial charge is 0.393 e. The standard InChI is InChI=1S/C12H18N4O2/c1-14(2)10-5-6-15(8-10)9-3-4-11(13)12(7-9)16(17)18/h3-4,7,10H,5-6,8,13H2,1-2H3. The van der Waals surface area contributed by atoms with Crippen LogP contribution in [0.4, 0.5) is 17.1 Å². The highest BCUT2D eigenvalue weighted by atomic mass is 16.6. The Morgan fingerprint density at radius 2 is 2.22 bits per heavy atom. The number of hydrogen-bond acceptors (Lipinski definition) is 5. The van der Waals surface area contributed by atoms with Crippen LogP contribution in [0.15, 0.2) is 18.2 Å². The molecule has 18 heavy (non-hydrogen) atoms. The average Bonchev–Trinajstić information content (AvgIpc) is 2.78. The van der Waals surface area contributed by atoms with Crippen LogP contribution in [0.5, 0.6) is 0 Å². The summed E-state index contributed by atoms with van der Waals surface area (Å²) in [6, 6.07) is 5.52. The van der Waals surface area contributed by atoms with Gasteiger partial charge in [-0.15, -0.1) is 0 Å². The fraction of sp³-hybridized carbons (Fsp3) is 0.500. The first-order chi connectivity index (χ1) is 8.49. The minimum atomic E-state index is -0.432. The second-order valence-corrected chi connectivity index (χ2v) is 4.85. The van der Waals surface area contributed by atoms with E-state index < -0.39 is 4.92 Å². The summed E-state index contributed by atoms with van der Waals surface area (Å²) in [6.45, 7) is 1.82. The zero-order valence-electron chi connectivity index (χ0n) is 10.7. The van der Waals surface area contributed by atoms with Crippen LogP contribution in [0, 0.1) is 10.1 Å². The highest BCUT2D eigenvalue weighted by Crippen LogP contribution is 2.29. The molecule has 1 fully saturated rings. The molecule has 1 aliphatic rings. The minimum absolute atomic E-state index is 0.0131. The molecule has 1 atom stereocenters. The van der Waals surface area contributed by atoms with Crippen molar-refractivity contribution in [1.29, 1.82) is 0 Å². The van der Waals surface area contributed by atoms with Crippen molar-refractivity contribution in [2.24, 2.45) is 0 Å². The Labute approximate surface area is 106 Å². The third kappa shape index (κ3) is 2.38. The van der Waals surface area contributed by atoms with Gasteiger partial charge in [0.2, 0.25) is 0 Å². The number of rotatable bonds is 3. The Balaban J connectivity index is 2.20. The predicted molar refractivity (Wildman–Crippen MR) is 71.8 cm³/mol. The molecule has 0 aromatic heterocycles. The Kier molecular flexibility index (Phi) is 3.38. The summed E-state index contributed by atoms with van der Waals surface area (Å²) in [5.41, 5.74) is 6.67. The highest BCUT2D eigenvalue weighted by molar-refractivity contribution is 5.66. The lowest BCUT2D eigenvalue weighted by Crippen LogP contribution is -2.31.